The van der Waals surface area contributed by atoms with E-state index >= 15 is 0 Å². The number of H-pyrrole nitrogens is 1. The van der Waals surface area contributed by atoms with Gasteiger partial charge in [0.2, 0.25) is 0 Å². The lowest BCUT2D eigenvalue weighted by Gasteiger charge is -2.56. The molecule has 0 aromatic carbocycles. The molecule has 1 amide bonds. The maximum absolute atomic E-state index is 13.1. The van der Waals surface area contributed by atoms with Gasteiger partial charge in [0.15, 0.2) is 5.69 Å². The van der Waals surface area contributed by atoms with E-state index in [0.717, 1.165) is 43.8 Å². The molecular weight excluding hydrogens is 304 g/mol. The standard InChI is InChI=1S/C18H28N4O2/c1-3-24-15-10-14(18(15)7-4-5-8-18)22(2)17(23)16-12-11-19-9-6-13(12)20-21-16/h14-15,19H,3-11H2,1-2H3,(H,20,21). The minimum absolute atomic E-state index is 0.0578. The van der Waals surface area contributed by atoms with Gasteiger partial charge in [0.1, 0.15) is 0 Å². The summed E-state index contributed by atoms with van der Waals surface area (Å²) in [5, 5.41) is 10.7. The lowest BCUT2D eigenvalue weighted by Crippen LogP contribution is -2.64. The van der Waals surface area contributed by atoms with Crippen molar-refractivity contribution in [2.24, 2.45) is 5.41 Å². The highest BCUT2D eigenvalue weighted by Crippen LogP contribution is 2.56. The Labute approximate surface area is 143 Å². The fourth-order valence-corrected chi connectivity index (χ4v) is 5.10. The predicted octanol–water partition coefficient (Wildman–Crippen LogP) is 1.87. The Bertz CT molecular complexity index is 621. The Morgan fingerprint density at radius 3 is 2.96 bits per heavy atom. The number of aromatic nitrogens is 2. The number of aromatic amines is 1. The highest BCUT2D eigenvalue weighted by Gasteiger charge is 2.59. The van der Waals surface area contributed by atoms with Crippen molar-refractivity contribution in [2.45, 2.75) is 64.1 Å². The highest BCUT2D eigenvalue weighted by molar-refractivity contribution is 5.94. The van der Waals surface area contributed by atoms with Crippen LogP contribution in [0.4, 0.5) is 0 Å². The molecule has 6 nitrogen and oxygen atoms in total. The summed E-state index contributed by atoms with van der Waals surface area (Å²) in [4.78, 5) is 15.0. The zero-order valence-electron chi connectivity index (χ0n) is 14.7. The van der Waals surface area contributed by atoms with E-state index in [0.29, 0.717) is 11.8 Å². The second kappa shape index (κ2) is 6.15. The molecule has 2 N–H and O–H groups in total. The molecule has 132 valence electrons. The quantitative estimate of drug-likeness (QED) is 0.883. The largest absolute Gasteiger partial charge is 0.378 e. The molecular formula is C18H28N4O2. The van der Waals surface area contributed by atoms with Crippen molar-refractivity contribution in [3.8, 4) is 0 Å². The van der Waals surface area contributed by atoms with Crippen LogP contribution in [0.25, 0.3) is 0 Å². The summed E-state index contributed by atoms with van der Waals surface area (Å²) in [5.41, 5.74) is 2.95. The molecule has 6 heteroatoms. The van der Waals surface area contributed by atoms with Crippen molar-refractivity contribution in [3.05, 3.63) is 17.0 Å². The van der Waals surface area contributed by atoms with Gasteiger partial charge < -0.3 is 15.0 Å². The monoisotopic (exact) mass is 332 g/mol. The number of nitrogens with one attached hydrogen (secondary N) is 2. The number of hydrogen-bond donors (Lipinski definition) is 2. The molecule has 2 saturated carbocycles. The molecule has 2 atom stereocenters. The van der Waals surface area contributed by atoms with E-state index in [-0.39, 0.29) is 17.4 Å². The lowest BCUT2D eigenvalue weighted by molar-refractivity contribution is -0.152. The first kappa shape index (κ1) is 16.1. The van der Waals surface area contributed by atoms with Crippen LogP contribution >= 0.6 is 0 Å². The third-order valence-electron chi connectivity index (χ3n) is 6.44. The number of fused-ring (bicyclic) bond motifs is 1. The fraction of sp³-hybridized carbons (Fsp3) is 0.778. The molecule has 2 fully saturated rings. The van der Waals surface area contributed by atoms with Gasteiger partial charge in [-0.25, -0.2) is 0 Å². The van der Waals surface area contributed by atoms with E-state index in [1.165, 1.54) is 25.7 Å². The second-order valence-electron chi connectivity index (χ2n) is 7.51. The van der Waals surface area contributed by atoms with E-state index in [4.69, 9.17) is 4.74 Å². The molecule has 3 aliphatic rings. The first-order valence-electron chi connectivity index (χ1n) is 9.33. The van der Waals surface area contributed by atoms with Crippen molar-refractivity contribution in [1.82, 2.24) is 20.4 Å². The maximum atomic E-state index is 13.1. The number of nitrogens with zero attached hydrogens (tertiary/aromatic N) is 2. The molecule has 1 aromatic heterocycles. The average Bonchev–Trinajstić information content (AvgIpc) is 3.25. The summed E-state index contributed by atoms with van der Waals surface area (Å²) in [6, 6.07) is 0.285. The van der Waals surface area contributed by atoms with E-state index in [1.807, 2.05) is 11.9 Å². The van der Waals surface area contributed by atoms with Gasteiger partial charge in [-0.3, -0.25) is 9.89 Å². The van der Waals surface area contributed by atoms with Crippen LogP contribution in [-0.4, -0.2) is 53.3 Å². The topological polar surface area (TPSA) is 70.2 Å². The van der Waals surface area contributed by atoms with Crippen LogP contribution < -0.4 is 5.32 Å². The summed E-state index contributed by atoms with van der Waals surface area (Å²) in [6.07, 6.45) is 7.06. The molecule has 1 spiro atoms. The first-order chi connectivity index (χ1) is 11.7. The Balaban J connectivity index is 1.54. The average molecular weight is 332 g/mol. The van der Waals surface area contributed by atoms with E-state index in [9.17, 15) is 4.79 Å². The molecule has 4 rings (SSSR count). The molecule has 1 aromatic rings. The summed E-state index contributed by atoms with van der Waals surface area (Å²) >= 11 is 0. The minimum atomic E-state index is 0.0578. The third kappa shape index (κ3) is 2.30. The van der Waals surface area contributed by atoms with Crippen molar-refractivity contribution in [3.63, 3.8) is 0 Å². The number of carbonyl (C=O) groups excluding carboxylic acids is 1. The van der Waals surface area contributed by atoms with Gasteiger partial charge in [0.25, 0.3) is 5.91 Å². The predicted molar refractivity (Wildman–Crippen MR) is 90.8 cm³/mol. The summed E-state index contributed by atoms with van der Waals surface area (Å²) in [5.74, 6) is 0.0578. The van der Waals surface area contributed by atoms with Crippen LogP contribution in [0.3, 0.4) is 0 Å². The summed E-state index contributed by atoms with van der Waals surface area (Å²) < 4.78 is 5.99. The summed E-state index contributed by atoms with van der Waals surface area (Å²) in [6.45, 7) is 4.50. The van der Waals surface area contributed by atoms with Gasteiger partial charge in [-0.15, -0.1) is 0 Å². The lowest BCUT2D eigenvalue weighted by atomic mass is 9.60. The number of amides is 1. The molecule has 2 unspecified atom stereocenters. The molecule has 0 radical (unpaired) electrons. The molecule has 0 bridgehead atoms. The normalized spacial score (nSPS) is 27.8. The number of carbonyl (C=O) groups is 1. The molecule has 24 heavy (non-hydrogen) atoms. The number of hydrogen-bond acceptors (Lipinski definition) is 4. The van der Waals surface area contributed by atoms with E-state index in [1.54, 1.807) is 0 Å². The van der Waals surface area contributed by atoms with Crippen molar-refractivity contribution in [1.29, 1.82) is 0 Å². The van der Waals surface area contributed by atoms with Crippen LogP contribution in [0.1, 0.15) is 60.8 Å². The fourth-order valence-electron chi connectivity index (χ4n) is 5.10. The van der Waals surface area contributed by atoms with Gasteiger partial charge in [-0.1, -0.05) is 12.8 Å². The third-order valence-corrected chi connectivity index (χ3v) is 6.44. The van der Waals surface area contributed by atoms with Crippen molar-refractivity contribution in [2.75, 3.05) is 20.2 Å². The van der Waals surface area contributed by atoms with Crippen LogP contribution in [0.2, 0.25) is 0 Å². The number of ether oxygens (including phenoxy) is 1. The maximum Gasteiger partial charge on any atom is 0.274 e. The van der Waals surface area contributed by atoms with E-state index in [2.05, 4.69) is 22.4 Å². The van der Waals surface area contributed by atoms with Crippen LogP contribution in [0.15, 0.2) is 0 Å². The summed E-state index contributed by atoms with van der Waals surface area (Å²) in [7, 11) is 1.95. The molecule has 0 saturated heterocycles. The molecule has 2 aliphatic carbocycles. The van der Waals surface area contributed by atoms with Crippen LogP contribution in [-0.2, 0) is 17.7 Å². The van der Waals surface area contributed by atoms with Gasteiger partial charge in [0.05, 0.1) is 6.10 Å². The SMILES string of the molecule is CCOC1CC(N(C)C(=O)c2n[nH]c3c2CNCC3)C12CCCC2. The highest BCUT2D eigenvalue weighted by atomic mass is 16.5. The van der Waals surface area contributed by atoms with Crippen molar-refractivity contribution >= 4 is 5.91 Å². The Morgan fingerprint density at radius 1 is 1.42 bits per heavy atom. The van der Waals surface area contributed by atoms with Gasteiger partial charge in [0, 0.05) is 55.9 Å². The Kier molecular flexibility index (Phi) is 4.12. The second-order valence-corrected chi connectivity index (χ2v) is 7.51. The van der Waals surface area contributed by atoms with Crippen molar-refractivity contribution < 1.29 is 9.53 Å². The molecule has 1 aliphatic heterocycles. The Hall–Kier alpha value is -1.40. The van der Waals surface area contributed by atoms with Crippen LogP contribution in [0.5, 0.6) is 0 Å². The van der Waals surface area contributed by atoms with Gasteiger partial charge in [-0.05, 0) is 26.2 Å². The first-order valence-corrected chi connectivity index (χ1v) is 9.33. The molecule has 2 heterocycles. The smallest absolute Gasteiger partial charge is 0.274 e. The zero-order valence-corrected chi connectivity index (χ0v) is 14.7. The van der Waals surface area contributed by atoms with Gasteiger partial charge >= 0.3 is 0 Å². The Morgan fingerprint density at radius 2 is 2.21 bits per heavy atom. The van der Waals surface area contributed by atoms with Gasteiger partial charge in [-0.2, -0.15) is 5.10 Å². The van der Waals surface area contributed by atoms with Crippen LogP contribution in [0, 0.1) is 5.41 Å². The minimum Gasteiger partial charge on any atom is -0.378 e. The van der Waals surface area contributed by atoms with E-state index < -0.39 is 0 Å². The zero-order chi connectivity index (χ0) is 16.7. The number of rotatable bonds is 4.